The third kappa shape index (κ3) is 5.20. The van der Waals surface area contributed by atoms with Crippen molar-refractivity contribution in [1.82, 2.24) is 0 Å². The van der Waals surface area contributed by atoms with Crippen LogP contribution < -0.4 is 4.90 Å². The summed E-state index contributed by atoms with van der Waals surface area (Å²) >= 11 is 0. The minimum absolute atomic E-state index is 0.122. The lowest BCUT2D eigenvalue weighted by Gasteiger charge is -2.30. The van der Waals surface area contributed by atoms with Crippen LogP contribution in [-0.4, -0.2) is 0 Å². The number of benzene rings is 10. The Balaban J connectivity index is 0.999. The van der Waals surface area contributed by atoms with E-state index < -0.39 is 0 Å². The van der Waals surface area contributed by atoms with Crippen LogP contribution in [0.2, 0.25) is 0 Å². The maximum Gasteiger partial charge on any atom is 0.143 e. The number of hydrogen-bond acceptors (Lipinski definition) is 2. The third-order valence-electron chi connectivity index (χ3n) is 14.6. The molecule has 0 aliphatic heterocycles. The Hall–Kier alpha value is -7.68. The molecule has 2 heteroatoms. The summed E-state index contributed by atoms with van der Waals surface area (Å²) in [5.74, 6) is 0. The fourth-order valence-electron chi connectivity index (χ4n) is 11.4. The van der Waals surface area contributed by atoms with Crippen LogP contribution in [0.15, 0.2) is 205 Å². The lowest BCUT2D eigenvalue weighted by atomic mass is 9.82. The largest absolute Gasteiger partial charge is 0.455 e. The van der Waals surface area contributed by atoms with Gasteiger partial charge in [-0.2, -0.15) is 0 Å². The minimum atomic E-state index is -0.122. The molecule has 0 spiro atoms. The molecule has 304 valence electrons. The SMILES string of the molecule is CC1(C)c2ccccc2-c2ccc(N(c3ccc(-c4cc(-c5ccccc5)c5oc6c7ccccc7c7ccccc7c6c5c4)cc3)c3ccc4c(c3)C(C)(C)c3ccccc3-4)cc21. The van der Waals surface area contributed by atoms with Crippen molar-refractivity contribution >= 4 is 60.5 Å². The standard InChI is InChI=1S/C62H45NO/c1-61(2)54-24-14-12-20-46(54)48-32-30-42(36-56(48)61)63(43-31-33-49-47-21-13-15-25-55(47)62(3,4)57(49)37-43)41-28-26-38(27-29-41)40-34-52(39-16-6-5-7-17-39)59-53(35-40)58-50-22-10-8-18-44(50)45-19-9-11-23-51(45)60(58)64-59/h5-37H,1-4H3. The number of rotatable bonds is 5. The highest BCUT2D eigenvalue weighted by Gasteiger charge is 2.38. The molecule has 2 nitrogen and oxygen atoms in total. The van der Waals surface area contributed by atoms with E-state index in [0.717, 1.165) is 66.6 Å². The molecule has 0 fully saturated rings. The molecule has 64 heavy (non-hydrogen) atoms. The van der Waals surface area contributed by atoms with E-state index in [4.69, 9.17) is 4.42 Å². The molecular weight excluding hydrogens is 775 g/mol. The second-order valence-corrected chi connectivity index (χ2v) is 18.8. The lowest BCUT2D eigenvalue weighted by molar-refractivity contribution is 0.660. The molecule has 0 saturated heterocycles. The van der Waals surface area contributed by atoms with Crippen molar-refractivity contribution in [3.8, 4) is 44.5 Å². The zero-order valence-corrected chi connectivity index (χ0v) is 36.4. The van der Waals surface area contributed by atoms with Gasteiger partial charge < -0.3 is 9.32 Å². The van der Waals surface area contributed by atoms with Gasteiger partial charge in [-0.15, -0.1) is 0 Å². The Labute approximate surface area is 373 Å². The van der Waals surface area contributed by atoms with E-state index in [0.29, 0.717) is 0 Å². The summed E-state index contributed by atoms with van der Waals surface area (Å²) in [6, 6.07) is 74.0. The minimum Gasteiger partial charge on any atom is -0.455 e. The van der Waals surface area contributed by atoms with Crippen LogP contribution in [0, 0.1) is 0 Å². The molecule has 2 aliphatic rings. The van der Waals surface area contributed by atoms with Crippen molar-refractivity contribution in [2.75, 3.05) is 4.90 Å². The molecule has 0 radical (unpaired) electrons. The summed E-state index contributed by atoms with van der Waals surface area (Å²) in [6.45, 7) is 9.46. The van der Waals surface area contributed by atoms with Gasteiger partial charge in [0.15, 0.2) is 0 Å². The van der Waals surface area contributed by atoms with Crippen LogP contribution in [0.25, 0.3) is 88.0 Å². The van der Waals surface area contributed by atoms with Crippen LogP contribution >= 0.6 is 0 Å². The second kappa shape index (κ2) is 13.4. The highest BCUT2D eigenvalue weighted by Crippen LogP contribution is 2.53. The molecule has 0 N–H and O–H groups in total. The molecule has 2 aliphatic carbocycles. The van der Waals surface area contributed by atoms with Gasteiger partial charge in [0.25, 0.3) is 0 Å². The summed E-state index contributed by atoms with van der Waals surface area (Å²) in [5.41, 5.74) is 20.3. The Morgan fingerprint density at radius 2 is 0.797 bits per heavy atom. The number of nitrogens with zero attached hydrogens (tertiary/aromatic N) is 1. The number of fused-ring (bicyclic) bond motifs is 14. The summed E-state index contributed by atoms with van der Waals surface area (Å²) < 4.78 is 7.03. The molecule has 0 bridgehead atoms. The quantitative estimate of drug-likeness (QED) is 0.161. The van der Waals surface area contributed by atoms with Crippen molar-refractivity contribution < 1.29 is 4.42 Å². The molecule has 1 heterocycles. The maximum atomic E-state index is 7.03. The van der Waals surface area contributed by atoms with Gasteiger partial charge in [-0.3, -0.25) is 0 Å². The Kier molecular flexibility index (Phi) is 7.74. The molecule has 11 aromatic rings. The van der Waals surface area contributed by atoms with Gasteiger partial charge in [0.2, 0.25) is 0 Å². The van der Waals surface area contributed by atoms with E-state index in [-0.39, 0.29) is 10.8 Å². The van der Waals surface area contributed by atoms with E-state index in [1.807, 2.05) is 0 Å². The molecule has 10 aromatic carbocycles. The first kappa shape index (κ1) is 36.9. The Morgan fingerprint density at radius 1 is 0.312 bits per heavy atom. The smallest absolute Gasteiger partial charge is 0.143 e. The first-order chi connectivity index (χ1) is 31.3. The topological polar surface area (TPSA) is 16.4 Å². The van der Waals surface area contributed by atoms with Crippen LogP contribution in [0.5, 0.6) is 0 Å². The number of furan rings is 1. The van der Waals surface area contributed by atoms with E-state index in [9.17, 15) is 0 Å². The number of hydrogen-bond donors (Lipinski definition) is 0. The van der Waals surface area contributed by atoms with Crippen LogP contribution in [-0.2, 0) is 10.8 Å². The monoisotopic (exact) mass is 819 g/mol. The van der Waals surface area contributed by atoms with E-state index in [1.165, 1.54) is 60.7 Å². The first-order valence-corrected chi connectivity index (χ1v) is 22.5. The van der Waals surface area contributed by atoms with Crippen molar-refractivity contribution in [2.45, 2.75) is 38.5 Å². The fraction of sp³-hybridized carbons (Fsp3) is 0.0968. The van der Waals surface area contributed by atoms with Gasteiger partial charge >= 0.3 is 0 Å². The maximum absolute atomic E-state index is 7.03. The molecule has 13 rings (SSSR count). The van der Waals surface area contributed by atoms with Gasteiger partial charge in [0.1, 0.15) is 11.2 Å². The molecule has 0 amide bonds. The lowest BCUT2D eigenvalue weighted by Crippen LogP contribution is -2.18. The Bertz CT molecular complexity index is 3610. The zero-order valence-electron chi connectivity index (χ0n) is 36.4. The van der Waals surface area contributed by atoms with Gasteiger partial charge in [-0.25, -0.2) is 0 Å². The van der Waals surface area contributed by atoms with Crippen LogP contribution in [0.1, 0.15) is 49.9 Å². The molecular formula is C62H45NO. The van der Waals surface area contributed by atoms with Crippen molar-refractivity contribution in [3.63, 3.8) is 0 Å². The summed E-state index contributed by atoms with van der Waals surface area (Å²) in [6.07, 6.45) is 0. The van der Waals surface area contributed by atoms with E-state index in [2.05, 4.69) is 233 Å². The highest BCUT2D eigenvalue weighted by molar-refractivity contribution is 6.31. The fourth-order valence-corrected chi connectivity index (χ4v) is 11.4. The summed E-state index contributed by atoms with van der Waals surface area (Å²) in [5, 5.41) is 7.08. The van der Waals surface area contributed by atoms with Crippen molar-refractivity contribution in [3.05, 3.63) is 222 Å². The van der Waals surface area contributed by atoms with Gasteiger partial charge in [0.05, 0.1) is 0 Å². The van der Waals surface area contributed by atoms with Gasteiger partial charge in [-0.1, -0.05) is 179 Å². The summed E-state index contributed by atoms with van der Waals surface area (Å²) in [7, 11) is 0. The molecule has 0 saturated carbocycles. The van der Waals surface area contributed by atoms with E-state index in [1.54, 1.807) is 0 Å². The van der Waals surface area contributed by atoms with Gasteiger partial charge in [0, 0.05) is 49.6 Å². The van der Waals surface area contributed by atoms with E-state index >= 15 is 0 Å². The van der Waals surface area contributed by atoms with Gasteiger partial charge in [-0.05, 0) is 126 Å². The van der Waals surface area contributed by atoms with Crippen LogP contribution in [0.3, 0.4) is 0 Å². The normalized spacial score (nSPS) is 14.2. The predicted molar refractivity (Wildman–Crippen MR) is 269 cm³/mol. The Morgan fingerprint density at radius 3 is 1.41 bits per heavy atom. The van der Waals surface area contributed by atoms with Crippen LogP contribution in [0.4, 0.5) is 17.1 Å². The second-order valence-electron chi connectivity index (χ2n) is 18.8. The molecule has 0 atom stereocenters. The summed E-state index contributed by atoms with van der Waals surface area (Å²) in [4.78, 5) is 2.46. The number of anilines is 3. The average Bonchev–Trinajstić information content (AvgIpc) is 3.92. The highest BCUT2D eigenvalue weighted by atomic mass is 16.3. The van der Waals surface area contributed by atoms with Crippen molar-refractivity contribution in [2.24, 2.45) is 0 Å². The zero-order chi connectivity index (χ0) is 42.9. The molecule has 0 unspecified atom stereocenters. The average molecular weight is 820 g/mol. The third-order valence-corrected chi connectivity index (χ3v) is 14.6. The molecule has 1 aromatic heterocycles. The van der Waals surface area contributed by atoms with Crippen molar-refractivity contribution in [1.29, 1.82) is 0 Å². The predicted octanol–water partition coefficient (Wildman–Crippen LogP) is 17.3. The first-order valence-electron chi connectivity index (χ1n) is 22.5.